The van der Waals surface area contributed by atoms with Crippen molar-refractivity contribution < 1.29 is 14.6 Å². The minimum Gasteiger partial charge on any atom is -0.395 e. The molecule has 0 spiro atoms. The normalized spacial score (nSPS) is 20.2. The molecule has 4 nitrogen and oxygen atoms in total. The molecule has 1 aliphatic carbocycles. The zero-order valence-corrected chi connectivity index (χ0v) is 9.74. The fourth-order valence-electron chi connectivity index (χ4n) is 1.50. The predicted octanol–water partition coefficient (Wildman–Crippen LogP) is 0.541. The third kappa shape index (κ3) is 6.10. The van der Waals surface area contributed by atoms with E-state index in [1.165, 1.54) is 12.8 Å². The molecule has 15 heavy (non-hydrogen) atoms. The predicted molar refractivity (Wildman–Crippen MR) is 58.9 cm³/mol. The quantitative estimate of drug-likeness (QED) is 0.592. The molecule has 90 valence electrons. The summed E-state index contributed by atoms with van der Waals surface area (Å²) in [5, 5.41) is 12.5. The Morgan fingerprint density at radius 1 is 1.47 bits per heavy atom. The van der Waals surface area contributed by atoms with Crippen molar-refractivity contribution in [3.8, 4) is 0 Å². The Hall–Kier alpha value is -0.160. The first-order chi connectivity index (χ1) is 7.26. The van der Waals surface area contributed by atoms with E-state index in [0.717, 1.165) is 6.42 Å². The summed E-state index contributed by atoms with van der Waals surface area (Å²) in [6.07, 6.45) is 3.49. The summed E-state index contributed by atoms with van der Waals surface area (Å²) in [4.78, 5) is 0. The molecule has 1 saturated carbocycles. The fraction of sp³-hybridized carbons (Fsp3) is 1.00. The Bertz CT molecular complexity index is 162. The Kier molecular flexibility index (Phi) is 6.17. The molecule has 0 aromatic rings. The number of hydrogen-bond donors (Lipinski definition) is 2. The van der Waals surface area contributed by atoms with Crippen LogP contribution in [-0.4, -0.2) is 50.2 Å². The molecule has 0 amide bonds. The number of aliphatic hydroxyl groups excluding tert-OH is 1. The van der Waals surface area contributed by atoms with Gasteiger partial charge >= 0.3 is 0 Å². The van der Waals surface area contributed by atoms with E-state index in [1.807, 2.05) is 6.92 Å². The molecule has 1 aliphatic rings. The van der Waals surface area contributed by atoms with Crippen LogP contribution < -0.4 is 5.32 Å². The van der Waals surface area contributed by atoms with Gasteiger partial charge in [-0.3, -0.25) is 0 Å². The zero-order valence-electron chi connectivity index (χ0n) is 9.74. The molecule has 2 atom stereocenters. The van der Waals surface area contributed by atoms with Crippen LogP contribution in [0.25, 0.3) is 0 Å². The van der Waals surface area contributed by atoms with Crippen molar-refractivity contribution in [3.63, 3.8) is 0 Å². The molecular weight excluding hydrogens is 194 g/mol. The third-order valence-electron chi connectivity index (χ3n) is 2.54. The van der Waals surface area contributed by atoms with E-state index in [4.69, 9.17) is 14.6 Å². The van der Waals surface area contributed by atoms with Gasteiger partial charge in [0.25, 0.3) is 0 Å². The van der Waals surface area contributed by atoms with Gasteiger partial charge in [-0.1, -0.05) is 0 Å². The maximum atomic E-state index is 9.13. The van der Waals surface area contributed by atoms with Crippen molar-refractivity contribution >= 4 is 0 Å². The van der Waals surface area contributed by atoms with Crippen LogP contribution >= 0.6 is 0 Å². The highest BCUT2D eigenvalue weighted by atomic mass is 16.5. The molecule has 0 aromatic carbocycles. The van der Waals surface area contributed by atoms with E-state index < -0.39 is 0 Å². The van der Waals surface area contributed by atoms with Crippen LogP contribution in [-0.2, 0) is 9.47 Å². The summed E-state index contributed by atoms with van der Waals surface area (Å²) in [5.74, 6) is 0. The topological polar surface area (TPSA) is 50.7 Å². The summed E-state index contributed by atoms with van der Waals surface area (Å²) in [5.41, 5.74) is 0. The third-order valence-corrected chi connectivity index (χ3v) is 2.54. The van der Waals surface area contributed by atoms with E-state index in [9.17, 15) is 0 Å². The molecule has 2 unspecified atom stereocenters. The molecule has 0 radical (unpaired) electrons. The number of nitrogens with one attached hydrogen (secondary N) is 1. The lowest BCUT2D eigenvalue weighted by Crippen LogP contribution is -2.35. The van der Waals surface area contributed by atoms with Crippen molar-refractivity contribution in [3.05, 3.63) is 0 Å². The Morgan fingerprint density at radius 3 is 2.73 bits per heavy atom. The minimum absolute atomic E-state index is 0.135. The Labute approximate surface area is 92.0 Å². The highest BCUT2D eigenvalue weighted by Gasteiger charge is 2.23. The van der Waals surface area contributed by atoms with Gasteiger partial charge in [0.1, 0.15) is 0 Å². The van der Waals surface area contributed by atoms with Gasteiger partial charge < -0.3 is 19.9 Å². The summed E-state index contributed by atoms with van der Waals surface area (Å²) in [7, 11) is 1.67. The molecule has 1 fully saturated rings. The molecule has 2 N–H and O–H groups in total. The lowest BCUT2D eigenvalue weighted by atomic mass is 10.2. The second-order valence-corrected chi connectivity index (χ2v) is 4.25. The van der Waals surface area contributed by atoms with Crippen molar-refractivity contribution in [2.24, 2.45) is 0 Å². The van der Waals surface area contributed by atoms with Crippen LogP contribution in [0.2, 0.25) is 0 Å². The van der Waals surface area contributed by atoms with Gasteiger partial charge in [0.15, 0.2) is 0 Å². The van der Waals surface area contributed by atoms with Gasteiger partial charge in [-0.25, -0.2) is 0 Å². The van der Waals surface area contributed by atoms with E-state index in [0.29, 0.717) is 19.3 Å². The summed E-state index contributed by atoms with van der Waals surface area (Å²) in [6, 6.07) is 0.825. The van der Waals surface area contributed by atoms with E-state index in [1.54, 1.807) is 7.11 Å². The monoisotopic (exact) mass is 217 g/mol. The molecule has 4 heteroatoms. The van der Waals surface area contributed by atoms with Crippen LogP contribution in [0.1, 0.15) is 26.2 Å². The second-order valence-electron chi connectivity index (χ2n) is 4.25. The number of ether oxygens (including phenoxy) is 2. The number of rotatable bonds is 9. The van der Waals surface area contributed by atoms with Gasteiger partial charge in [-0.15, -0.1) is 0 Å². The standard InChI is InChI=1S/C11H23NO3/c1-9(8-14-2)15-6-5-11(7-13)12-10-3-4-10/h9-13H,3-8H2,1-2H3. The Balaban J connectivity index is 2.00. The average Bonchev–Trinajstić information content (AvgIpc) is 3.00. The van der Waals surface area contributed by atoms with Crippen LogP contribution in [0.5, 0.6) is 0 Å². The van der Waals surface area contributed by atoms with Gasteiger partial charge in [-0.05, 0) is 26.2 Å². The van der Waals surface area contributed by atoms with Crippen LogP contribution in [0.15, 0.2) is 0 Å². The molecule has 0 bridgehead atoms. The first-order valence-electron chi connectivity index (χ1n) is 5.73. The summed E-state index contributed by atoms with van der Waals surface area (Å²) >= 11 is 0. The fourth-order valence-corrected chi connectivity index (χ4v) is 1.50. The van der Waals surface area contributed by atoms with Crippen molar-refractivity contribution in [2.45, 2.75) is 44.4 Å². The summed E-state index contributed by atoms with van der Waals surface area (Å²) < 4.78 is 10.5. The first kappa shape index (κ1) is 12.9. The lowest BCUT2D eigenvalue weighted by molar-refractivity contribution is 0.00373. The van der Waals surface area contributed by atoms with Crippen molar-refractivity contribution in [2.75, 3.05) is 26.9 Å². The van der Waals surface area contributed by atoms with Gasteiger partial charge in [-0.2, -0.15) is 0 Å². The maximum Gasteiger partial charge on any atom is 0.0780 e. The molecule has 1 rings (SSSR count). The van der Waals surface area contributed by atoms with Crippen LogP contribution in [0, 0.1) is 0 Å². The van der Waals surface area contributed by atoms with E-state index in [-0.39, 0.29) is 18.8 Å². The van der Waals surface area contributed by atoms with Crippen molar-refractivity contribution in [1.29, 1.82) is 0 Å². The largest absolute Gasteiger partial charge is 0.395 e. The molecular formula is C11H23NO3. The number of methoxy groups -OCH3 is 1. The second kappa shape index (κ2) is 7.17. The average molecular weight is 217 g/mol. The Morgan fingerprint density at radius 2 is 2.20 bits per heavy atom. The number of aliphatic hydroxyl groups is 1. The highest BCUT2D eigenvalue weighted by molar-refractivity contribution is 4.84. The maximum absolute atomic E-state index is 9.13. The van der Waals surface area contributed by atoms with Gasteiger partial charge in [0.2, 0.25) is 0 Å². The molecule has 0 aromatic heterocycles. The smallest absolute Gasteiger partial charge is 0.0780 e. The van der Waals surface area contributed by atoms with Gasteiger partial charge in [0.05, 0.1) is 19.3 Å². The SMILES string of the molecule is COCC(C)OCCC(CO)NC1CC1. The minimum atomic E-state index is 0.135. The molecule has 0 saturated heterocycles. The van der Waals surface area contributed by atoms with Gasteiger partial charge in [0, 0.05) is 25.8 Å². The molecule has 0 aliphatic heterocycles. The zero-order chi connectivity index (χ0) is 11.1. The highest BCUT2D eigenvalue weighted by Crippen LogP contribution is 2.19. The number of hydrogen-bond acceptors (Lipinski definition) is 4. The summed E-state index contributed by atoms with van der Waals surface area (Å²) in [6.45, 7) is 3.49. The van der Waals surface area contributed by atoms with Crippen molar-refractivity contribution in [1.82, 2.24) is 5.32 Å². The van der Waals surface area contributed by atoms with Crippen LogP contribution in [0.4, 0.5) is 0 Å². The molecule has 0 heterocycles. The van der Waals surface area contributed by atoms with E-state index in [2.05, 4.69) is 5.32 Å². The van der Waals surface area contributed by atoms with Crippen LogP contribution in [0.3, 0.4) is 0 Å². The lowest BCUT2D eigenvalue weighted by Gasteiger charge is -2.17. The van der Waals surface area contributed by atoms with E-state index >= 15 is 0 Å². The first-order valence-corrected chi connectivity index (χ1v) is 5.73.